The first kappa shape index (κ1) is 13.0. The second-order valence-electron chi connectivity index (χ2n) is 4.60. The lowest BCUT2D eigenvalue weighted by molar-refractivity contribution is 0.0790. The highest BCUT2D eigenvalue weighted by molar-refractivity contribution is 7.90. The Labute approximate surface area is 107 Å². The van der Waals surface area contributed by atoms with Gasteiger partial charge in [-0.25, -0.2) is 8.42 Å². The van der Waals surface area contributed by atoms with Gasteiger partial charge in [-0.05, 0) is 24.6 Å². The molecular formula is C12H16N2O3S. The van der Waals surface area contributed by atoms with Gasteiger partial charge in [-0.3, -0.25) is 4.79 Å². The lowest BCUT2D eigenvalue weighted by Crippen LogP contribution is -2.31. The van der Waals surface area contributed by atoms with Crippen LogP contribution in [0.25, 0.3) is 0 Å². The molecule has 18 heavy (non-hydrogen) atoms. The summed E-state index contributed by atoms with van der Waals surface area (Å²) >= 11 is 0. The summed E-state index contributed by atoms with van der Waals surface area (Å²) in [6.07, 6.45) is 1.92. The largest absolute Gasteiger partial charge is 0.337 e. The molecule has 0 aliphatic carbocycles. The van der Waals surface area contributed by atoms with Gasteiger partial charge in [-0.2, -0.15) is 0 Å². The Balaban J connectivity index is 2.26. The van der Waals surface area contributed by atoms with Crippen molar-refractivity contribution in [3.63, 3.8) is 0 Å². The average Bonchev–Trinajstić information content (AvgIpc) is 2.74. The number of amides is 1. The number of sulfone groups is 1. The van der Waals surface area contributed by atoms with Gasteiger partial charge in [-0.1, -0.05) is 6.07 Å². The van der Waals surface area contributed by atoms with E-state index in [1.54, 1.807) is 17.0 Å². The molecule has 1 unspecified atom stereocenters. The molecule has 6 heteroatoms. The van der Waals surface area contributed by atoms with Gasteiger partial charge in [0.1, 0.15) is 0 Å². The van der Waals surface area contributed by atoms with E-state index in [9.17, 15) is 13.2 Å². The Morgan fingerprint density at radius 1 is 1.44 bits per heavy atom. The van der Waals surface area contributed by atoms with E-state index in [4.69, 9.17) is 5.73 Å². The van der Waals surface area contributed by atoms with Crippen molar-refractivity contribution in [3.05, 3.63) is 29.8 Å². The minimum absolute atomic E-state index is 0.0204. The summed E-state index contributed by atoms with van der Waals surface area (Å²) in [5.74, 6) is -0.159. The fourth-order valence-corrected chi connectivity index (χ4v) is 2.68. The van der Waals surface area contributed by atoms with Crippen LogP contribution in [-0.4, -0.2) is 44.6 Å². The SMILES string of the molecule is CS(=O)(=O)c1cccc(C(=O)N2CCC(N)C2)c1. The Bertz CT molecular complexity index is 568. The Hall–Kier alpha value is -1.40. The molecule has 2 rings (SSSR count). The molecule has 5 nitrogen and oxygen atoms in total. The molecule has 1 aromatic carbocycles. The van der Waals surface area contributed by atoms with Crippen molar-refractivity contribution in [1.29, 1.82) is 0 Å². The van der Waals surface area contributed by atoms with Crippen LogP contribution in [0.4, 0.5) is 0 Å². The average molecular weight is 268 g/mol. The lowest BCUT2D eigenvalue weighted by atomic mass is 10.2. The summed E-state index contributed by atoms with van der Waals surface area (Å²) in [5.41, 5.74) is 6.15. The Kier molecular flexibility index (Phi) is 3.41. The number of hydrogen-bond donors (Lipinski definition) is 1. The fraction of sp³-hybridized carbons (Fsp3) is 0.417. The third-order valence-electron chi connectivity index (χ3n) is 3.02. The lowest BCUT2D eigenvalue weighted by Gasteiger charge is -2.16. The van der Waals surface area contributed by atoms with Crippen LogP contribution in [0, 0.1) is 0 Å². The molecule has 1 fully saturated rings. The zero-order valence-electron chi connectivity index (χ0n) is 10.2. The number of nitrogens with two attached hydrogens (primary N) is 1. The van der Waals surface area contributed by atoms with Crippen LogP contribution in [-0.2, 0) is 9.84 Å². The van der Waals surface area contributed by atoms with E-state index in [0.717, 1.165) is 12.7 Å². The molecule has 0 bridgehead atoms. The standard InChI is InChI=1S/C12H16N2O3S/c1-18(16,17)11-4-2-3-9(7-11)12(15)14-6-5-10(13)8-14/h2-4,7,10H,5-6,8,13H2,1H3. The predicted octanol–water partition coefficient (Wildman–Crippen LogP) is 0.263. The van der Waals surface area contributed by atoms with Crippen molar-refractivity contribution in [2.75, 3.05) is 19.3 Å². The molecule has 2 N–H and O–H groups in total. The first-order valence-corrected chi connectivity index (χ1v) is 7.62. The molecule has 1 atom stereocenters. The van der Waals surface area contributed by atoms with Gasteiger partial charge in [-0.15, -0.1) is 0 Å². The van der Waals surface area contributed by atoms with Gasteiger partial charge >= 0.3 is 0 Å². The number of likely N-dealkylation sites (tertiary alicyclic amines) is 1. The number of carbonyl (C=O) groups excluding carboxylic acids is 1. The maximum atomic E-state index is 12.1. The number of hydrogen-bond acceptors (Lipinski definition) is 4. The van der Waals surface area contributed by atoms with Gasteiger partial charge in [0.15, 0.2) is 9.84 Å². The highest BCUT2D eigenvalue weighted by atomic mass is 32.2. The van der Waals surface area contributed by atoms with Crippen molar-refractivity contribution >= 4 is 15.7 Å². The van der Waals surface area contributed by atoms with Crippen LogP contribution in [0.15, 0.2) is 29.2 Å². The second-order valence-corrected chi connectivity index (χ2v) is 6.62. The topological polar surface area (TPSA) is 80.5 Å². The number of benzene rings is 1. The maximum absolute atomic E-state index is 12.1. The van der Waals surface area contributed by atoms with E-state index < -0.39 is 9.84 Å². The summed E-state index contributed by atoms with van der Waals surface area (Å²) in [6.45, 7) is 1.16. The van der Waals surface area contributed by atoms with E-state index in [0.29, 0.717) is 18.7 Å². The Morgan fingerprint density at radius 3 is 2.72 bits per heavy atom. The molecule has 0 radical (unpaired) electrons. The summed E-state index contributed by atoms with van der Waals surface area (Å²) in [7, 11) is -3.29. The quantitative estimate of drug-likeness (QED) is 0.834. The van der Waals surface area contributed by atoms with Crippen LogP contribution in [0.3, 0.4) is 0 Å². The summed E-state index contributed by atoms with van der Waals surface area (Å²) < 4.78 is 22.9. The molecular weight excluding hydrogens is 252 g/mol. The number of nitrogens with zero attached hydrogens (tertiary/aromatic N) is 1. The smallest absolute Gasteiger partial charge is 0.253 e. The zero-order chi connectivity index (χ0) is 13.3. The maximum Gasteiger partial charge on any atom is 0.253 e. The molecule has 1 heterocycles. The number of carbonyl (C=O) groups is 1. The molecule has 98 valence electrons. The summed E-state index contributed by atoms with van der Waals surface area (Å²) in [4.78, 5) is 14.0. The van der Waals surface area contributed by atoms with E-state index in [1.165, 1.54) is 12.1 Å². The van der Waals surface area contributed by atoms with Crippen molar-refractivity contribution in [2.45, 2.75) is 17.4 Å². The van der Waals surface area contributed by atoms with Crippen LogP contribution in [0.5, 0.6) is 0 Å². The van der Waals surface area contributed by atoms with Gasteiger partial charge in [0.05, 0.1) is 4.90 Å². The summed E-state index contributed by atoms with van der Waals surface area (Å²) in [5, 5.41) is 0. The van der Waals surface area contributed by atoms with E-state index in [2.05, 4.69) is 0 Å². The van der Waals surface area contributed by atoms with Gasteiger partial charge < -0.3 is 10.6 Å². The highest BCUT2D eigenvalue weighted by Gasteiger charge is 2.24. The third kappa shape index (κ3) is 2.70. The van der Waals surface area contributed by atoms with Crippen LogP contribution < -0.4 is 5.73 Å². The minimum Gasteiger partial charge on any atom is -0.337 e. The Morgan fingerprint density at radius 2 is 2.17 bits per heavy atom. The van der Waals surface area contributed by atoms with Crippen molar-refractivity contribution in [2.24, 2.45) is 5.73 Å². The van der Waals surface area contributed by atoms with Crippen LogP contribution >= 0.6 is 0 Å². The van der Waals surface area contributed by atoms with Crippen molar-refractivity contribution in [1.82, 2.24) is 4.90 Å². The predicted molar refractivity (Wildman–Crippen MR) is 68.0 cm³/mol. The monoisotopic (exact) mass is 268 g/mol. The molecule has 1 aliphatic rings. The first-order valence-electron chi connectivity index (χ1n) is 5.73. The van der Waals surface area contributed by atoms with Crippen LogP contribution in [0.2, 0.25) is 0 Å². The van der Waals surface area contributed by atoms with Crippen molar-refractivity contribution < 1.29 is 13.2 Å². The molecule has 0 saturated carbocycles. The van der Waals surface area contributed by atoms with Gasteiger partial charge in [0.25, 0.3) is 5.91 Å². The zero-order valence-corrected chi connectivity index (χ0v) is 11.0. The van der Waals surface area contributed by atoms with Gasteiger partial charge in [0.2, 0.25) is 0 Å². The highest BCUT2D eigenvalue weighted by Crippen LogP contribution is 2.16. The first-order chi connectivity index (χ1) is 8.38. The molecule has 1 aromatic rings. The van der Waals surface area contributed by atoms with Crippen LogP contribution in [0.1, 0.15) is 16.8 Å². The molecule has 1 saturated heterocycles. The number of rotatable bonds is 2. The second kappa shape index (κ2) is 4.70. The minimum atomic E-state index is -3.29. The normalized spacial score (nSPS) is 20.1. The van der Waals surface area contributed by atoms with E-state index >= 15 is 0 Å². The third-order valence-corrected chi connectivity index (χ3v) is 4.13. The van der Waals surface area contributed by atoms with E-state index in [-0.39, 0.29) is 16.8 Å². The molecule has 0 spiro atoms. The van der Waals surface area contributed by atoms with Crippen molar-refractivity contribution in [3.8, 4) is 0 Å². The van der Waals surface area contributed by atoms with Gasteiger partial charge in [0, 0.05) is 31.0 Å². The van der Waals surface area contributed by atoms with E-state index in [1.807, 2.05) is 0 Å². The fourth-order valence-electron chi connectivity index (χ4n) is 2.01. The molecule has 0 aromatic heterocycles. The molecule has 1 amide bonds. The molecule has 1 aliphatic heterocycles. The summed E-state index contributed by atoms with van der Waals surface area (Å²) in [6, 6.07) is 6.14.